The molecule has 23 heavy (non-hydrogen) atoms. The summed E-state index contributed by atoms with van der Waals surface area (Å²) in [6.07, 6.45) is 12.8. The SMILES string of the molecule is N=CCCCCCC(=O)O[I-]CCCCCCCCC(=O)OI. The number of alkyl halides is 1. The molecule has 0 aliphatic heterocycles. The molecular formula is C16H28I2NO4-. The zero-order valence-electron chi connectivity index (χ0n) is 13.7. The average Bonchev–Trinajstić information content (AvgIpc) is 2.56. The van der Waals surface area contributed by atoms with Crippen molar-refractivity contribution in [1.29, 1.82) is 5.41 Å². The average molecular weight is 552 g/mol. The van der Waals surface area contributed by atoms with Crippen LogP contribution in [0.4, 0.5) is 0 Å². The van der Waals surface area contributed by atoms with E-state index in [1.54, 1.807) is 23.0 Å². The van der Waals surface area contributed by atoms with E-state index in [1.807, 2.05) is 0 Å². The monoisotopic (exact) mass is 552 g/mol. The second kappa shape index (κ2) is 18.4. The minimum atomic E-state index is -0.433. The van der Waals surface area contributed by atoms with Crippen LogP contribution in [0.5, 0.6) is 0 Å². The van der Waals surface area contributed by atoms with Gasteiger partial charge in [0, 0.05) is 0 Å². The molecule has 0 unspecified atom stereocenters. The number of carbonyl (C=O) groups excluding carboxylic acids is 2. The molecule has 0 radical (unpaired) electrons. The van der Waals surface area contributed by atoms with Crippen molar-refractivity contribution in [2.24, 2.45) is 0 Å². The molecule has 0 atom stereocenters. The molecule has 136 valence electrons. The van der Waals surface area contributed by atoms with Gasteiger partial charge in [0.05, 0.1) is 0 Å². The molecule has 0 bridgehead atoms. The number of nitrogens with one attached hydrogen (secondary N) is 1. The Kier molecular flexibility index (Phi) is 18.5. The van der Waals surface area contributed by atoms with Crippen molar-refractivity contribution >= 4 is 41.2 Å². The van der Waals surface area contributed by atoms with Crippen molar-refractivity contribution < 1.29 is 37.3 Å². The van der Waals surface area contributed by atoms with Gasteiger partial charge in [-0.3, -0.25) is 0 Å². The van der Waals surface area contributed by atoms with Crippen LogP contribution in [-0.2, 0) is 15.7 Å². The molecule has 7 heteroatoms. The molecular weight excluding hydrogens is 524 g/mol. The summed E-state index contributed by atoms with van der Waals surface area (Å²) in [5.74, 6) is -0.179. The van der Waals surface area contributed by atoms with Crippen LogP contribution in [-0.4, -0.2) is 22.6 Å². The fraction of sp³-hybridized carbons (Fsp3) is 0.812. The summed E-state index contributed by atoms with van der Waals surface area (Å²) in [5.41, 5.74) is 0. The van der Waals surface area contributed by atoms with E-state index in [2.05, 4.69) is 3.07 Å². The Morgan fingerprint density at radius 1 is 0.870 bits per heavy atom. The van der Waals surface area contributed by atoms with Crippen molar-refractivity contribution in [3.05, 3.63) is 0 Å². The standard InChI is InChI=1S/C16H28I2NO4/c17-22-15(20)11-7-3-1-2-5-9-13-18-23-16(21)12-8-4-6-10-14-19/h14,19H,1-13H2/q-1. The molecule has 5 nitrogen and oxygen atoms in total. The number of hydrogen-bond acceptors (Lipinski definition) is 5. The Morgan fingerprint density at radius 2 is 1.43 bits per heavy atom. The third-order valence-electron chi connectivity index (χ3n) is 3.30. The molecule has 0 fully saturated rings. The molecule has 0 saturated heterocycles. The predicted octanol–water partition coefficient (Wildman–Crippen LogP) is 1.76. The molecule has 0 aromatic heterocycles. The number of carbonyl (C=O) groups is 2. The van der Waals surface area contributed by atoms with Crippen molar-refractivity contribution in [3.8, 4) is 0 Å². The fourth-order valence-electron chi connectivity index (χ4n) is 1.99. The number of rotatable bonds is 16. The van der Waals surface area contributed by atoms with Gasteiger partial charge in [-0.25, -0.2) is 0 Å². The first-order chi connectivity index (χ1) is 11.2. The van der Waals surface area contributed by atoms with Crippen LogP contribution in [0.3, 0.4) is 0 Å². The molecule has 0 aromatic rings. The Labute approximate surface area is 164 Å². The van der Waals surface area contributed by atoms with Gasteiger partial charge in [-0.2, -0.15) is 0 Å². The van der Waals surface area contributed by atoms with Crippen LogP contribution >= 0.6 is 23.0 Å². The summed E-state index contributed by atoms with van der Waals surface area (Å²) in [6.45, 7) is 0. The predicted molar refractivity (Wildman–Crippen MR) is 95.3 cm³/mol. The van der Waals surface area contributed by atoms with Gasteiger partial charge in [-0.05, 0) is 0 Å². The Balaban J connectivity index is 3.18. The van der Waals surface area contributed by atoms with E-state index in [1.165, 1.54) is 19.1 Å². The number of hydrogen-bond donors (Lipinski definition) is 1. The Bertz CT molecular complexity index is 327. The van der Waals surface area contributed by atoms with Crippen molar-refractivity contribution in [2.45, 2.75) is 77.0 Å². The van der Waals surface area contributed by atoms with Crippen LogP contribution < -0.4 is 21.6 Å². The summed E-state index contributed by atoms with van der Waals surface area (Å²) in [5, 5.41) is 6.91. The molecule has 0 spiro atoms. The van der Waals surface area contributed by atoms with E-state index in [-0.39, 0.29) is 11.9 Å². The second-order valence-corrected chi connectivity index (χ2v) is 7.95. The molecule has 0 heterocycles. The second-order valence-electron chi connectivity index (χ2n) is 5.37. The number of halogens is 2. The van der Waals surface area contributed by atoms with Gasteiger partial charge in [0.25, 0.3) is 0 Å². The fourth-order valence-corrected chi connectivity index (χ4v) is 3.85. The normalized spacial score (nSPS) is 10.5. The van der Waals surface area contributed by atoms with Crippen LogP contribution in [0.25, 0.3) is 0 Å². The maximum atomic E-state index is 11.5. The van der Waals surface area contributed by atoms with Gasteiger partial charge in [-0.1, -0.05) is 0 Å². The van der Waals surface area contributed by atoms with E-state index in [0.717, 1.165) is 55.8 Å². The van der Waals surface area contributed by atoms with E-state index in [4.69, 9.17) is 8.48 Å². The van der Waals surface area contributed by atoms with E-state index < -0.39 is 21.6 Å². The molecule has 0 aliphatic carbocycles. The Hall–Kier alpha value is 0.0700. The molecule has 0 amide bonds. The summed E-state index contributed by atoms with van der Waals surface area (Å²) >= 11 is 1.19. The first kappa shape index (κ1) is 23.1. The van der Waals surface area contributed by atoms with Gasteiger partial charge in [-0.15, -0.1) is 0 Å². The van der Waals surface area contributed by atoms with E-state index in [9.17, 15) is 9.59 Å². The third kappa shape index (κ3) is 18.3. The van der Waals surface area contributed by atoms with E-state index in [0.29, 0.717) is 12.8 Å². The molecule has 0 saturated carbocycles. The molecule has 0 rings (SSSR count). The van der Waals surface area contributed by atoms with Crippen LogP contribution in [0.15, 0.2) is 0 Å². The topological polar surface area (TPSA) is 76.5 Å². The first-order valence-electron chi connectivity index (χ1n) is 8.30. The zero-order chi connectivity index (χ0) is 17.2. The van der Waals surface area contributed by atoms with Crippen LogP contribution in [0.1, 0.15) is 77.0 Å². The van der Waals surface area contributed by atoms with Crippen LogP contribution in [0, 0.1) is 5.41 Å². The van der Waals surface area contributed by atoms with Crippen LogP contribution in [0.2, 0.25) is 0 Å². The summed E-state index contributed by atoms with van der Waals surface area (Å²) in [7, 11) is 0. The van der Waals surface area contributed by atoms with Crippen molar-refractivity contribution in [2.75, 3.05) is 4.43 Å². The molecule has 1 N–H and O–H groups in total. The van der Waals surface area contributed by atoms with Gasteiger partial charge < -0.3 is 0 Å². The molecule has 0 aromatic carbocycles. The number of unbranched alkanes of at least 4 members (excludes halogenated alkanes) is 8. The summed E-state index contributed by atoms with van der Waals surface area (Å²) < 4.78 is 10.9. The van der Waals surface area contributed by atoms with Gasteiger partial charge in [0.1, 0.15) is 0 Å². The van der Waals surface area contributed by atoms with Gasteiger partial charge in [0.2, 0.25) is 0 Å². The van der Waals surface area contributed by atoms with E-state index >= 15 is 0 Å². The maximum absolute atomic E-state index is 11.5. The van der Waals surface area contributed by atoms with Gasteiger partial charge in [0.15, 0.2) is 0 Å². The zero-order valence-corrected chi connectivity index (χ0v) is 18.0. The Morgan fingerprint density at radius 3 is 2.09 bits per heavy atom. The first-order valence-corrected chi connectivity index (χ1v) is 11.6. The summed E-state index contributed by atoms with van der Waals surface area (Å²) in [4.78, 5) is 22.4. The quantitative estimate of drug-likeness (QED) is 0.137. The summed E-state index contributed by atoms with van der Waals surface area (Å²) in [6, 6.07) is 0. The minimum absolute atomic E-state index is 0.0465. The van der Waals surface area contributed by atoms with Crippen molar-refractivity contribution in [3.63, 3.8) is 0 Å². The third-order valence-corrected chi connectivity index (χ3v) is 5.79. The van der Waals surface area contributed by atoms with Crippen molar-refractivity contribution in [1.82, 2.24) is 0 Å². The molecule has 0 aliphatic rings. The van der Waals surface area contributed by atoms with Gasteiger partial charge >= 0.3 is 165 Å².